The van der Waals surface area contributed by atoms with E-state index in [1.54, 1.807) is 7.11 Å². The molecule has 1 N–H and O–H groups in total. The van der Waals surface area contributed by atoms with Gasteiger partial charge in [-0.1, -0.05) is 33.1 Å². The number of hydrogen-bond donors (Lipinski definition) is 1. The summed E-state index contributed by atoms with van der Waals surface area (Å²) in [5, 5.41) is 3.62. The van der Waals surface area contributed by atoms with E-state index >= 15 is 0 Å². The molecule has 2 unspecified atom stereocenters. The lowest BCUT2D eigenvalue weighted by Crippen LogP contribution is -2.34. The minimum absolute atomic E-state index is 0.611. The molecule has 1 rings (SSSR count). The first-order valence-electron chi connectivity index (χ1n) is 8.04. The Morgan fingerprint density at radius 3 is 2.47 bits per heavy atom. The highest BCUT2D eigenvalue weighted by molar-refractivity contribution is 4.77. The third-order valence-electron chi connectivity index (χ3n) is 4.15. The number of methoxy groups -OCH3 is 1. The fraction of sp³-hybridized carbons (Fsp3) is 1.00. The minimum atomic E-state index is 0.611. The van der Waals surface area contributed by atoms with Crippen molar-refractivity contribution in [2.45, 2.75) is 58.4 Å². The van der Waals surface area contributed by atoms with E-state index in [2.05, 4.69) is 19.2 Å². The van der Waals surface area contributed by atoms with Crippen LogP contribution in [0, 0.1) is 11.8 Å². The SMILES string of the molecule is COCCOCCCC1CCCCC1CNC(C)C. The van der Waals surface area contributed by atoms with Crippen LogP contribution in [0.3, 0.4) is 0 Å². The summed E-state index contributed by atoms with van der Waals surface area (Å²) in [4.78, 5) is 0. The molecule has 0 aromatic rings. The molecule has 0 aromatic heterocycles. The Labute approximate surface area is 119 Å². The molecule has 19 heavy (non-hydrogen) atoms. The van der Waals surface area contributed by atoms with Crippen molar-refractivity contribution in [2.24, 2.45) is 11.8 Å². The quantitative estimate of drug-likeness (QED) is 0.619. The first-order chi connectivity index (χ1) is 9.24. The summed E-state index contributed by atoms with van der Waals surface area (Å²) in [7, 11) is 1.72. The zero-order valence-electron chi connectivity index (χ0n) is 13.1. The molecule has 1 aliphatic carbocycles. The predicted molar refractivity (Wildman–Crippen MR) is 80.5 cm³/mol. The number of ether oxygens (including phenoxy) is 2. The summed E-state index contributed by atoms with van der Waals surface area (Å²) in [6.45, 7) is 8.02. The molecule has 1 aliphatic rings. The van der Waals surface area contributed by atoms with Crippen molar-refractivity contribution < 1.29 is 9.47 Å². The summed E-state index contributed by atoms with van der Waals surface area (Å²) in [6, 6.07) is 0.611. The zero-order chi connectivity index (χ0) is 13.9. The molecule has 0 radical (unpaired) electrons. The second kappa shape index (κ2) is 10.6. The smallest absolute Gasteiger partial charge is 0.0700 e. The molecule has 0 spiro atoms. The molecule has 0 amide bonds. The molecule has 1 fully saturated rings. The summed E-state index contributed by atoms with van der Waals surface area (Å²) in [5.41, 5.74) is 0. The number of rotatable bonds is 10. The molecule has 0 aromatic carbocycles. The Morgan fingerprint density at radius 2 is 1.79 bits per heavy atom. The number of hydrogen-bond acceptors (Lipinski definition) is 3. The summed E-state index contributed by atoms with van der Waals surface area (Å²) < 4.78 is 10.5. The Morgan fingerprint density at radius 1 is 1.05 bits per heavy atom. The first-order valence-corrected chi connectivity index (χ1v) is 8.04. The lowest BCUT2D eigenvalue weighted by atomic mass is 9.77. The van der Waals surface area contributed by atoms with Gasteiger partial charge in [0.2, 0.25) is 0 Å². The summed E-state index contributed by atoms with van der Waals surface area (Å²) in [6.07, 6.45) is 8.21. The Bertz CT molecular complexity index is 209. The number of nitrogens with one attached hydrogen (secondary N) is 1. The van der Waals surface area contributed by atoms with E-state index in [0.29, 0.717) is 12.6 Å². The van der Waals surface area contributed by atoms with Crippen LogP contribution in [0.25, 0.3) is 0 Å². The van der Waals surface area contributed by atoms with Gasteiger partial charge in [0.25, 0.3) is 0 Å². The van der Waals surface area contributed by atoms with Crippen LogP contribution < -0.4 is 5.32 Å². The van der Waals surface area contributed by atoms with E-state index in [0.717, 1.165) is 25.0 Å². The largest absolute Gasteiger partial charge is 0.382 e. The lowest BCUT2D eigenvalue weighted by molar-refractivity contribution is 0.0645. The zero-order valence-corrected chi connectivity index (χ0v) is 13.1. The van der Waals surface area contributed by atoms with E-state index in [9.17, 15) is 0 Å². The molecule has 1 saturated carbocycles. The Hall–Kier alpha value is -0.120. The highest BCUT2D eigenvalue weighted by Gasteiger charge is 2.24. The van der Waals surface area contributed by atoms with E-state index in [1.165, 1.54) is 45.1 Å². The fourth-order valence-electron chi connectivity index (χ4n) is 3.01. The van der Waals surface area contributed by atoms with Gasteiger partial charge < -0.3 is 14.8 Å². The average molecular weight is 271 g/mol. The molecule has 0 heterocycles. The van der Waals surface area contributed by atoms with Gasteiger partial charge in [0.05, 0.1) is 13.2 Å². The highest BCUT2D eigenvalue weighted by atomic mass is 16.5. The van der Waals surface area contributed by atoms with E-state index < -0.39 is 0 Å². The van der Waals surface area contributed by atoms with Crippen molar-refractivity contribution in [1.29, 1.82) is 0 Å². The maximum atomic E-state index is 5.56. The van der Waals surface area contributed by atoms with Crippen LogP contribution in [0.2, 0.25) is 0 Å². The normalized spacial score (nSPS) is 24.0. The Kier molecular flexibility index (Phi) is 9.48. The molecule has 0 bridgehead atoms. The van der Waals surface area contributed by atoms with Gasteiger partial charge in [-0.3, -0.25) is 0 Å². The van der Waals surface area contributed by atoms with Crippen LogP contribution in [0.1, 0.15) is 52.4 Å². The summed E-state index contributed by atoms with van der Waals surface area (Å²) in [5.74, 6) is 1.79. The van der Waals surface area contributed by atoms with E-state index in [4.69, 9.17) is 9.47 Å². The molecule has 0 aliphatic heterocycles. The molecule has 3 heteroatoms. The highest BCUT2D eigenvalue weighted by Crippen LogP contribution is 2.32. The Balaban J connectivity index is 2.13. The fourth-order valence-corrected chi connectivity index (χ4v) is 3.01. The second-order valence-corrected chi connectivity index (χ2v) is 6.11. The van der Waals surface area contributed by atoms with Gasteiger partial charge in [0.15, 0.2) is 0 Å². The molecule has 3 nitrogen and oxygen atoms in total. The van der Waals surface area contributed by atoms with Crippen LogP contribution in [-0.4, -0.2) is 39.5 Å². The van der Waals surface area contributed by atoms with E-state index in [1.807, 2.05) is 0 Å². The van der Waals surface area contributed by atoms with Crippen LogP contribution in [0.15, 0.2) is 0 Å². The lowest BCUT2D eigenvalue weighted by Gasteiger charge is -2.32. The monoisotopic (exact) mass is 271 g/mol. The molecular weight excluding hydrogens is 238 g/mol. The van der Waals surface area contributed by atoms with Crippen molar-refractivity contribution >= 4 is 0 Å². The van der Waals surface area contributed by atoms with E-state index in [-0.39, 0.29) is 0 Å². The van der Waals surface area contributed by atoms with Crippen LogP contribution in [0.5, 0.6) is 0 Å². The molecule has 2 atom stereocenters. The standard InChI is InChI=1S/C16H33NO2/c1-14(2)17-13-16-8-5-4-7-15(16)9-6-10-19-12-11-18-3/h14-17H,4-13H2,1-3H3. The first kappa shape index (κ1) is 16.9. The third-order valence-corrected chi connectivity index (χ3v) is 4.15. The van der Waals surface area contributed by atoms with Crippen molar-refractivity contribution in [1.82, 2.24) is 5.32 Å². The van der Waals surface area contributed by atoms with Crippen LogP contribution >= 0.6 is 0 Å². The minimum Gasteiger partial charge on any atom is -0.382 e. The molecular formula is C16H33NO2. The molecule has 0 saturated heterocycles. The van der Waals surface area contributed by atoms with Gasteiger partial charge >= 0.3 is 0 Å². The van der Waals surface area contributed by atoms with Crippen molar-refractivity contribution in [3.8, 4) is 0 Å². The average Bonchev–Trinajstić information content (AvgIpc) is 2.41. The predicted octanol–water partition coefficient (Wildman–Crippen LogP) is 3.23. The van der Waals surface area contributed by atoms with Crippen molar-refractivity contribution in [2.75, 3.05) is 33.5 Å². The van der Waals surface area contributed by atoms with Crippen LogP contribution in [-0.2, 0) is 9.47 Å². The van der Waals surface area contributed by atoms with Gasteiger partial charge in [-0.15, -0.1) is 0 Å². The third kappa shape index (κ3) is 7.91. The maximum absolute atomic E-state index is 5.56. The van der Waals surface area contributed by atoms with Gasteiger partial charge in [0, 0.05) is 19.8 Å². The summed E-state index contributed by atoms with van der Waals surface area (Å²) >= 11 is 0. The van der Waals surface area contributed by atoms with Crippen molar-refractivity contribution in [3.05, 3.63) is 0 Å². The second-order valence-electron chi connectivity index (χ2n) is 6.11. The topological polar surface area (TPSA) is 30.5 Å². The van der Waals surface area contributed by atoms with Crippen LogP contribution in [0.4, 0.5) is 0 Å². The van der Waals surface area contributed by atoms with Gasteiger partial charge in [0.1, 0.15) is 0 Å². The van der Waals surface area contributed by atoms with Crippen molar-refractivity contribution in [3.63, 3.8) is 0 Å². The maximum Gasteiger partial charge on any atom is 0.0700 e. The van der Waals surface area contributed by atoms with Gasteiger partial charge in [-0.05, 0) is 37.6 Å². The molecule has 114 valence electrons. The van der Waals surface area contributed by atoms with Gasteiger partial charge in [-0.2, -0.15) is 0 Å². The van der Waals surface area contributed by atoms with Gasteiger partial charge in [-0.25, -0.2) is 0 Å².